The highest BCUT2D eigenvalue weighted by Gasteiger charge is 2.26. The predicted molar refractivity (Wildman–Crippen MR) is 57.1 cm³/mol. The molecule has 3 amide bonds. The largest absolute Gasteiger partial charge is 0.477 e. The number of carbonyl (C=O) groups excluding carboxylic acids is 2. The third-order valence-electron chi connectivity index (χ3n) is 2.17. The lowest BCUT2D eigenvalue weighted by Crippen LogP contribution is -2.48. The normalized spacial score (nSPS) is 17.6. The van der Waals surface area contributed by atoms with E-state index in [1.54, 1.807) is 12.1 Å². The summed E-state index contributed by atoms with van der Waals surface area (Å²) < 4.78 is 5.41. The zero-order chi connectivity index (χ0) is 11.5. The fraction of sp³-hybridized carbons (Fsp3) is 0.200. The van der Waals surface area contributed by atoms with Crippen LogP contribution in [0.25, 0.3) is 0 Å². The molecule has 1 aromatic rings. The molecule has 16 heavy (non-hydrogen) atoms. The molecule has 1 aliphatic rings. The van der Waals surface area contributed by atoms with Gasteiger partial charge in [-0.1, -0.05) is 12.1 Å². The number of imide groups is 1. The van der Waals surface area contributed by atoms with Gasteiger partial charge in [-0.05, 0) is 12.1 Å². The minimum absolute atomic E-state index is 0.302. The first-order chi connectivity index (χ1) is 7.66. The molecule has 6 heteroatoms. The zero-order valence-corrected chi connectivity index (χ0v) is 8.40. The molecule has 6 nitrogen and oxygen atoms in total. The number of amides is 3. The van der Waals surface area contributed by atoms with Crippen molar-refractivity contribution in [3.05, 3.63) is 24.3 Å². The third kappa shape index (κ3) is 2.05. The number of nitrogens with two attached hydrogens (primary N) is 1. The average molecular weight is 221 g/mol. The van der Waals surface area contributed by atoms with E-state index in [1.165, 1.54) is 0 Å². The van der Waals surface area contributed by atoms with Gasteiger partial charge in [-0.3, -0.25) is 10.1 Å². The highest BCUT2D eigenvalue weighted by Crippen LogP contribution is 2.27. The maximum Gasteiger partial charge on any atom is 0.318 e. The van der Waals surface area contributed by atoms with Gasteiger partial charge < -0.3 is 15.8 Å². The number of hydrogen-bond donors (Lipinski definition) is 3. The van der Waals surface area contributed by atoms with Gasteiger partial charge in [-0.15, -0.1) is 0 Å². The van der Waals surface area contributed by atoms with E-state index < -0.39 is 18.0 Å². The summed E-state index contributed by atoms with van der Waals surface area (Å²) in [5.74, 6) is 0.0351. The number of carbonyl (C=O) groups is 2. The maximum atomic E-state index is 11.4. The second-order valence-electron chi connectivity index (χ2n) is 3.34. The van der Waals surface area contributed by atoms with Gasteiger partial charge in [0.1, 0.15) is 5.75 Å². The van der Waals surface area contributed by atoms with E-state index >= 15 is 0 Å². The van der Waals surface area contributed by atoms with Crippen molar-refractivity contribution in [1.29, 1.82) is 0 Å². The molecule has 0 fully saturated rings. The summed E-state index contributed by atoms with van der Waals surface area (Å²) in [6, 6.07) is 6.37. The number of primary amides is 1. The van der Waals surface area contributed by atoms with Gasteiger partial charge in [0, 0.05) is 0 Å². The lowest BCUT2D eigenvalue weighted by Gasteiger charge is -2.25. The third-order valence-corrected chi connectivity index (χ3v) is 2.17. The SMILES string of the molecule is NC(=O)NC(=O)C1CNc2ccccc2O1. The maximum absolute atomic E-state index is 11.4. The molecule has 0 aliphatic carbocycles. The first kappa shape index (κ1) is 10.3. The number of fused-ring (bicyclic) bond motifs is 1. The van der Waals surface area contributed by atoms with E-state index in [-0.39, 0.29) is 0 Å². The molecule has 4 N–H and O–H groups in total. The van der Waals surface area contributed by atoms with Gasteiger partial charge in [0.25, 0.3) is 5.91 Å². The molecule has 1 atom stereocenters. The van der Waals surface area contributed by atoms with E-state index in [4.69, 9.17) is 10.5 Å². The highest BCUT2D eigenvalue weighted by molar-refractivity contribution is 5.96. The minimum Gasteiger partial charge on any atom is -0.477 e. The number of ether oxygens (including phenoxy) is 1. The van der Waals surface area contributed by atoms with Gasteiger partial charge in [0.15, 0.2) is 6.10 Å². The topological polar surface area (TPSA) is 93.5 Å². The average Bonchev–Trinajstić information content (AvgIpc) is 2.27. The predicted octanol–water partition coefficient (Wildman–Crippen LogP) is 0.0544. The summed E-state index contributed by atoms with van der Waals surface area (Å²) in [5.41, 5.74) is 5.67. The number of rotatable bonds is 1. The number of urea groups is 1. The molecule has 0 saturated carbocycles. The molecule has 1 heterocycles. The Bertz CT molecular complexity index is 433. The van der Waals surface area contributed by atoms with Crippen LogP contribution in [0.4, 0.5) is 10.5 Å². The number of benzene rings is 1. The molecular weight excluding hydrogens is 210 g/mol. The Morgan fingerprint density at radius 3 is 2.94 bits per heavy atom. The van der Waals surface area contributed by atoms with Crippen LogP contribution in [0.15, 0.2) is 24.3 Å². The van der Waals surface area contributed by atoms with Crippen molar-refractivity contribution in [2.75, 3.05) is 11.9 Å². The van der Waals surface area contributed by atoms with Crippen LogP contribution < -0.4 is 21.1 Å². The molecule has 2 rings (SSSR count). The molecule has 1 aliphatic heterocycles. The Morgan fingerprint density at radius 2 is 2.19 bits per heavy atom. The molecule has 0 spiro atoms. The number of hydrogen-bond acceptors (Lipinski definition) is 4. The summed E-state index contributed by atoms with van der Waals surface area (Å²) in [4.78, 5) is 22.0. The van der Waals surface area contributed by atoms with Crippen LogP contribution >= 0.6 is 0 Å². The van der Waals surface area contributed by atoms with E-state index in [0.29, 0.717) is 12.3 Å². The number of anilines is 1. The fourth-order valence-electron chi connectivity index (χ4n) is 1.46. The van der Waals surface area contributed by atoms with Crippen molar-refractivity contribution in [3.63, 3.8) is 0 Å². The molecule has 0 aromatic heterocycles. The standard InChI is InChI=1S/C10H11N3O3/c11-10(15)13-9(14)8-5-12-6-3-1-2-4-7(6)16-8/h1-4,8,12H,5H2,(H3,11,13,14,15). The van der Waals surface area contributed by atoms with Crippen LogP contribution in [0.3, 0.4) is 0 Å². The Hall–Kier alpha value is -2.24. The van der Waals surface area contributed by atoms with Crippen molar-refractivity contribution in [3.8, 4) is 5.75 Å². The monoisotopic (exact) mass is 221 g/mol. The summed E-state index contributed by atoms with van der Waals surface area (Å²) in [6.07, 6.45) is -0.748. The van der Waals surface area contributed by atoms with Crippen LogP contribution in [0.5, 0.6) is 5.75 Å². The molecule has 0 bridgehead atoms. The fourth-order valence-corrected chi connectivity index (χ4v) is 1.46. The Labute approximate surface area is 91.8 Å². The Morgan fingerprint density at radius 1 is 1.44 bits per heavy atom. The summed E-state index contributed by atoms with van der Waals surface area (Å²) in [5, 5.41) is 5.01. The van der Waals surface area contributed by atoms with E-state index in [2.05, 4.69) is 5.32 Å². The highest BCUT2D eigenvalue weighted by atomic mass is 16.5. The summed E-state index contributed by atoms with van der Waals surface area (Å²) in [6.45, 7) is 0.302. The van der Waals surface area contributed by atoms with E-state index in [9.17, 15) is 9.59 Å². The second-order valence-corrected chi connectivity index (χ2v) is 3.34. The zero-order valence-electron chi connectivity index (χ0n) is 8.40. The Kier molecular flexibility index (Phi) is 2.63. The molecule has 84 valence electrons. The van der Waals surface area contributed by atoms with Crippen molar-refractivity contribution in [2.45, 2.75) is 6.10 Å². The van der Waals surface area contributed by atoms with Crippen LogP contribution in [0.2, 0.25) is 0 Å². The van der Waals surface area contributed by atoms with Crippen molar-refractivity contribution >= 4 is 17.6 Å². The van der Waals surface area contributed by atoms with Crippen LogP contribution in [-0.4, -0.2) is 24.6 Å². The Balaban J connectivity index is 2.08. The molecule has 0 radical (unpaired) electrons. The first-order valence-corrected chi connectivity index (χ1v) is 4.76. The quantitative estimate of drug-likeness (QED) is 0.624. The van der Waals surface area contributed by atoms with Gasteiger partial charge in [0.05, 0.1) is 12.2 Å². The van der Waals surface area contributed by atoms with Crippen LogP contribution in [-0.2, 0) is 4.79 Å². The number of nitrogens with one attached hydrogen (secondary N) is 2. The van der Waals surface area contributed by atoms with E-state index in [1.807, 2.05) is 17.4 Å². The molecular formula is C10H11N3O3. The minimum atomic E-state index is -0.882. The molecule has 1 aromatic carbocycles. The summed E-state index contributed by atoms with van der Waals surface area (Å²) >= 11 is 0. The molecule has 1 unspecified atom stereocenters. The van der Waals surface area contributed by atoms with E-state index in [0.717, 1.165) is 5.69 Å². The van der Waals surface area contributed by atoms with Gasteiger partial charge in [-0.25, -0.2) is 4.79 Å². The lowest BCUT2D eigenvalue weighted by atomic mass is 10.2. The smallest absolute Gasteiger partial charge is 0.318 e. The van der Waals surface area contributed by atoms with Crippen LogP contribution in [0, 0.1) is 0 Å². The van der Waals surface area contributed by atoms with Crippen molar-refractivity contribution < 1.29 is 14.3 Å². The summed E-state index contributed by atoms with van der Waals surface area (Å²) in [7, 11) is 0. The van der Waals surface area contributed by atoms with Crippen molar-refractivity contribution in [2.24, 2.45) is 5.73 Å². The lowest BCUT2D eigenvalue weighted by molar-refractivity contribution is -0.126. The van der Waals surface area contributed by atoms with Crippen LogP contribution in [0.1, 0.15) is 0 Å². The second kappa shape index (κ2) is 4.09. The molecule has 0 saturated heterocycles. The number of para-hydroxylation sites is 2. The van der Waals surface area contributed by atoms with Gasteiger partial charge >= 0.3 is 6.03 Å². The van der Waals surface area contributed by atoms with Gasteiger partial charge in [0.2, 0.25) is 0 Å². The van der Waals surface area contributed by atoms with Gasteiger partial charge in [-0.2, -0.15) is 0 Å². The first-order valence-electron chi connectivity index (χ1n) is 4.76. The van der Waals surface area contributed by atoms with Crippen molar-refractivity contribution in [1.82, 2.24) is 5.32 Å².